The molecule has 0 saturated carbocycles. The fourth-order valence-electron chi connectivity index (χ4n) is 7.71. The average Bonchev–Trinajstić information content (AvgIpc) is 3.59. The lowest BCUT2D eigenvalue weighted by molar-refractivity contribution is -0.131. The molecular weight excluding hydrogens is 649 g/mol. The molecule has 0 aliphatic carbocycles. The van der Waals surface area contributed by atoms with Gasteiger partial charge in [-0.2, -0.15) is 0 Å². The minimum absolute atomic E-state index is 0.0125. The van der Waals surface area contributed by atoms with E-state index in [1.54, 1.807) is 29.4 Å². The summed E-state index contributed by atoms with van der Waals surface area (Å²) in [5.74, 6) is 0.408. The van der Waals surface area contributed by atoms with Crippen LogP contribution in [0.4, 0.5) is 21.8 Å². The number of benzene rings is 1. The number of aromatic nitrogens is 3. The van der Waals surface area contributed by atoms with Gasteiger partial charge >= 0.3 is 0 Å². The van der Waals surface area contributed by atoms with Gasteiger partial charge in [0, 0.05) is 72.4 Å². The molecule has 15 heteroatoms. The van der Waals surface area contributed by atoms with Gasteiger partial charge in [0.1, 0.15) is 22.5 Å². The number of pyridine rings is 1. The number of anilines is 3. The molecule has 4 aliphatic rings. The highest BCUT2D eigenvalue weighted by atomic mass is 32.2. The number of rotatable bonds is 9. The molecular formula is C34H40FN9O4S. The Labute approximate surface area is 287 Å². The number of hydrogen-bond donors (Lipinski definition) is 4. The number of halogens is 1. The maximum atomic E-state index is 15.4. The molecule has 7 rings (SSSR count). The molecule has 3 aromatic rings. The Morgan fingerprint density at radius 2 is 2.04 bits per heavy atom. The molecule has 2 aromatic heterocycles. The number of carbonyl (C=O) groups is 3. The van der Waals surface area contributed by atoms with Crippen molar-refractivity contribution in [2.75, 3.05) is 42.6 Å². The van der Waals surface area contributed by atoms with Gasteiger partial charge in [0.2, 0.25) is 5.78 Å². The van der Waals surface area contributed by atoms with E-state index in [1.165, 1.54) is 17.8 Å². The number of aldehydes is 1. The quantitative estimate of drug-likeness (QED) is 0.190. The normalized spacial score (nSPS) is 24.7. The standard InChI is InChI=1S/C34H40FN9O4S/c1-19-30(40-13-20-10-21-16-44(33(47)24(21)12-25(20)35)22-2-3-26(39-14-22)27(46)17-45)34(18-48-19)5-8-43(9-6-34)29-15-41-32(31(37)42-29)49-23-4-7-38-28(36)11-23/h4,7,10-12,15,17,19,22,26,30,39-40H,2-3,5-6,8-9,13-14,16,18H2,1H3,(H2,36,38)(H2,37,42)/t19-,22?,26?,30+/m0/s1. The summed E-state index contributed by atoms with van der Waals surface area (Å²) in [7, 11) is 0. The van der Waals surface area contributed by atoms with Crippen molar-refractivity contribution in [1.82, 2.24) is 30.5 Å². The number of nitrogens with zero attached hydrogens (tertiary/aromatic N) is 5. The Kier molecular flexibility index (Phi) is 9.26. The van der Waals surface area contributed by atoms with Gasteiger partial charge in [-0.3, -0.25) is 14.4 Å². The lowest BCUT2D eigenvalue weighted by atomic mass is 9.73. The summed E-state index contributed by atoms with van der Waals surface area (Å²) in [5, 5.41) is 7.32. The van der Waals surface area contributed by atoms with Crippen molar-refractivity contribution in [2.24, 2.45) is 5.41 Å². The molecule has 4 aliphatic heterocycles. The highest BCUT2D eigenvalue weighted by Crippen LogP contribution is 2.43. The van der Waals surface area contributed by atoms with E-state index >= 15 is 4.39 Å². The Morgan fingerprint density at radius 3 is 2.76 bits per heavy atom. The minimum atomic E-state index is -0.510. The van der Waals surface area contributed by atoms with E-state index in [2.05, 4.69) is 37.4 Å². The number of piperidine rings is 2. The monoisotopic (exact) mass is 689 g/mol. The van der Waals surface area contributed by atoms with E-state index < -0.39 is 17.6 Å². The van der Waals surface area contributed by atoms with Crippen molar-refractivity contribution < 1.29 is 23.5 Å². The first-order valence-electron chi connectivity index (χ1n) is 16.6. The second-order valence-corrected chi connectivity index (χ2v) is 14.5. The minimum Gasteiger partial charge on any atom is -0.384 e. The summed E-state index contributed by atoms with van der Waals surface area (Å²) >= 11 is 1.39. The van der Waals surface area contributed by atoms with Crippen LogP contribution in [0.3, 0.4) is 0 Å². The van der Waals surface area contributed by atoms with Crippen LogP contribution in [0.5, 0.6) is 0 Å². The van der Waals surface area contributed by atoms with E-state index in [0.29, 0.717) is 73.2 Å². The lowest BCUT2D eigenvalue weighted by Gasteiger charge is -2.43. The van der Waals surface area contributed by atoms with Gasteiger partial charge in [0.15, 0.2) is 12.1 Å². The van der Waals surface area contributed by atoms with E-state index in [0.717, 1.165) is 42.2 Å². The fourth-order valence-corrected chi connectivity index (χ4v) is 8.50. The molecule has 0 radical (unpaired) electrons. The van der Waals surface area contributed by atoms with Crippen LogP contribution >= 0.6 is 11.8 Å². The summed E-state index contributed by atoms with van der Waals surface area (Å²) in [5.41, 5.74) is 13.7. The maximum Gasteiger partial charge on any atom is 0.254 e. The summed E-state index contributed by atoms with van der Waals surface area (Å²) in [6, 6.07) is 6.14. The molecule has 3 saturated heterocycles. The smallest absolute Gasteiger partial charge is 0.254 e. The van der Waals surface area contributed by atoms with Crippen LogP contribution in [0, 0.1) is 11.2 Å². The Balaban J connectivity index is 0.970. The second-order valence-electron chi connectivity index (χ2n) is 13.4. The molecule has 258 valence electrons. The highest BCUT2D eigenvalue weighted by molar-refractivity contribution is 7.99. The second kappa shape index (κ2) is 13.6. The first-order valence-corrected chi connectivity index (χ1v) is 17.4. The van der Waals surface area contributed by atoms with Crippen LogP contribution in [-0.2, 0) is 27.4 Å². The number of fused-ring (bicyclic) bond motifs is 1. The summed E-state index contributed by atoms with van der Waals surface area (Å²) < 4.78 is 21.6. The molecule has 1 amide bonds. The Hall–Kier alpha value is -4.18. The first kappa shape index (κ1) is 33.3. The number of ketones is 1. The van der Waals surface area contributed by atoms with Crippen LogP contribution in [0.2, 0.25) is 0 Å². The first-order chi connectivity index (χ1) is 23.6. The van der Waals surface area contributed by atoms with E-state index in [-0.39, 0.29) is 29.5 Å². The number of nitrogens with one attached hydrogen (secondary N) is 2. The van der Waals surface area contributed by atoms with Gasteiger partial charge in [0.25, 0.3) is 5.91 Å². The maximum absolute atomic E-state index is 15.4. The van der Waals surface area contributed by atoms with Crippen molar-refractivity contribution >= 4 is 47.2 Å². The van der Waals surface area contributed by atoms with Crippen molar-refractivity contribution in [3.8, 4) is 0 Å². The van der Waals surface area contributed by atoms with Gasteiger partial charge in [-0.25, -0.2) is 19.3 Å². The number of nitrogen functional groups attached to an aromatic ring is 2. The van der Waals surface area contributed by atoms with Gasteiger partial charge in [0.05, 0.1) is 24.9 Å². The largest absolute Gasteiger partial charge is 0.384 e. The SMILES string of the molecule is C[C@@H]1OCC2(CCN(c3cnc(Sc4ccnc(N)c4)c(N)n3)CC2)[C@@H]1NCc1cc2c(cc1F)C(=O)N(C1CCC(C(=O)C=O)NC1)C2. The predicted molar refractivity (Wildman–Crippen MR) is 181 cm³/mol. The van der Waals surface area contributed by atoms with Gasteiger partial charge in [-0.05, 0) is 62.4 Å². The third-order valence-electron chi connectivity index (χ3n) is 10.5. The molecule has 4 atom stereocenters. The van der Waals surface area contributed by atoms with Crippen molar-refractivity contribution in [3.05, 3.63) is 59.2 Å². The number of amides is 1. The van der Waals surface area contributed by atoms with E-state index in [1.807, 2.05) is 6.07 Å². The topological polar surface area (TPSA) is 182 Å². The molecule has 3 fully saturated rings. The zero-order valence-corrected chi connectivity index (χ0v) is 28.0. The summed E-state index contributed by atoms with van der Waals surface area (Å²) in [4.78, 5) is 54.0. The molecule has 0 bridgehead atoms. The van der Waals surface area contributed by atoms with Crippen LogP contribution in [0.1, 0.15) is 54.1 Å². The van der Waals surface area contributed by atoms with Crippen LogP contribution < -0.4 is 27.0 Å². The fraction of sp³-hybridized carbons (Fsp3) is 0.471. The van der Waals surface area contributed by atoms with Crippen LogP contribution in [-0.4, -0.2) is 88.3 Å². The molecule has 13 nitrogen and oxygen atoms in total. The van der Waals surface area contributed by atoms with Gasteiger partial charge in [-0.15, -0.1) is 0 Å². The lowest BCUT2D eigenvalue weighted by Crippen LogP contribution is -2.52. The van der Waals surface area contributed by atoms with E-state index in [9.17, 15) is 14.4 Å². The highest BCUT2D eigenvalue weighted by Gasteiger charge is 2.49. The van der Waals surface area contributed by atoms with Gasteiger partial charge < -0.3 is 36.6 Å². The zero-order chi connectivity index (χ0) is 34.3. The number of Topliss-reactive ketones (excluding diaryl/α,β-unsaturated/α-hetero) is 1. The molecule has 1 spiro atoms. The molecule has 1 aromatic carbocycles. The number of ether oxygens (including phenoxy) is 1. The Morgan fingerprint density at radius 1 is 1.22 bits per heavy atom. The van der Waals surface area contributed by atoms with Crippen molar-refractivity contribution in [1.29, 1.82) is 0 Å². The average molecular weight is 690 g/mol. The number of carbonyl (C=O) groups excluding carboxylic acids is 3. The predicted octanol–water partition coefficient (Wildman–Crippen LogP) is 2.33. The molecule has 6 heterocycles. The third-order valence-corrected chi connectivity index (χ3v) is 11.5. The number of nitrogens with two attached hydrogens (primary N) is 2. The van der Waals surface area contributed by atoms with E-state index in [4.69, 9.17) is 16.2 Å². The molecule has 2 unspecified atom stereocenters. The van der Waals surface area contributed by atoms with Gasteiger partial charge in [-0.1, -0.05) is 11.8 Å². The summed E-state index contributed by atoms with van der Waals surface area (Å²) in [6.07, 6.45) is 6.46. The summed E-state index contributed by atoms with van der Waals surface area (Å²) in [6.45, 7) is 5.27. The van der Waals surface area contributed by atoms with Crippen LogP contribution in [0.25, 0.3) is 0 Å². The Bertz CT molecular complexity index is 1760. The van der Waals surface area contributed by atoms with Crippen molar-refractivity contribution in [2.45, 2.75) is 79.8 Å². The molecule has 6 N–H and O–H groups in total. The molecule has 49 heavy (non-hydrogen) atoms. The third kappa shape index (κ3) is 6.59. The zero-order valence-electron chi connectivity index (χ0n) is 27.2. The number of hydrogen-bond acceptors (Lipinski definition) is 13. The van der Waals surface area contributed by atoms with Crippen molar-refractivity contribution in [3.63, 3.8) is 0 Å². The van der Waals surface area contributed by atoms with Crippen LogP contribution in [0.15, 0.2) is 46.6 Å².